The van der Waals surface area contributed by atoms with Gasteiger partial charge in [-0.3, -0.25) is 0 Å². The predicted molar refractivity (Wildman–Crippen MR) is 80.3 cm³/mol. The molecule has 0 spiro atoms. The van der Waals surface area contributed by atoms with Crippen molar-refractivity contribution in [3.8, 4) is 0 Å². The summed E-state index contributed by atoms with van der Waals surface area (Å²) in [6.07, 6.45) is 1.10. The van der Waals surface area contributed by atoms with E-state index in [1.807, 2.05) is 19.1 Å². The number of aryl methyl sites for hydroxylation is 1. The van der Waals surface area contributed by atoms with E-state index < -0.39 is 0 Å². The Labute approximate surface area is 125 Å². The minimum atomic E-state index is -0.231. The van der Waals surface area contributed by atoms with E-state index in [1.54, 1.807) is 12.1 Å². The smallest absolute Gasteiger partial charge is 0.128 e. The summed E-state index contributed by atoms with van der Waals surface area (Å²) in [5.74, 6) is 1.54. The number of furan rings is 1. The lowest BCUT2D eigenvalue weighted by molar-refractivity contribution is 0.104. The van der Waals surface area contributed by atoms with Gasteiger partial charge in [-0.2, -0.15) is 0 Å². The number of nitrogens with one attached hydrogen (secondary N) is 1. The third-order valence-corrected chi connectivity index (χ3v) is 3.27. The van der Waals surface area contributed by atoms with Crippen molar-refractivity contribution in [2.45, 2.75) is 40.0 Å². The van der Waals surface area contributed by atoms with Crippen molar-refractivity contribution in [3.63, 3.8) is 0 Å². The van der Waals surface area contributed by atoms with Crippen LogP contribution >= 0.6 is 0 Å². The number of halogens is 1. The van der Waals surface area contributed by atoms with E-state index in [0.29, 0.717) is 12.2 Å². The number of ether oxygens (including phenoxy) is 1. The third-order valence-electron chi connectivity index (χ3n) is 3.27. The van der Waals surface area contributed by atoms with Crippen molar-refractivity contribution in [3.05, 3.63) is 58.8 Å². The minimum absolute atomic E-state index is 0.231. The highest BCUT2D eigenvalue weighted by Gasteiger charge is 2.08. The first kappa shape index (κ1) is 15.7. The Morgan fingerprint density at radius 2 is 1.95 bits per heavy atom. The molecular formula is C17H22FNO2. The molecule has 0 unspecified atom stereocenters. The van der Waals surface area contributed by atoms with Gasteiger partial charge in [0, 0.05) is 11.1 Å². The molecule has 1 aromatic carbocycles. The Hall–Kier alpha value is -1.65. The molecule has 0 aliphatic carbocycles. The zero-order chi connectivity index (χ0) is 15.1. The second kappa shape index (κ2) is 7.96. The molecule has 0 fully saturated rings. The van der Waals surface area contributed by atoms with Crippen molar-refractivity contribution >= 4 is 0 Å². The van der Waals surface area contributed by atoms with Gasteiger partial charge in [-0.05, 0) is 32.0 Å². The standard InChI is InChI=1S/C17H22FNO2/c1-3-8-19-10-16-9-15(13(2)21-16)12-20-11-14-6-4-5-7-17(14)18/h4-7,9,19H,3,8,10-12H2,1-2H3. The highest BCUT2D eigenvalue weighted by molar-refractivity contribution is 5.20. The minimum Gasteiger partial charge on any atom is -0.465 e. The Bertz CT molecular complexity index is 566. The van der Waals surface area contributed by atoms with Crippen LogP contribution in [0.15, 0.2) is 34.7 Å². The Morgan fingerprint density at radius 1 is 1.19 bits per heavy atom. The summed E-state index contributed by atoms with van der Waals surface area (Å²) in [7, 11) is 0. The fourth-order valence-electron chi connectivity index (χ4n) is 2.09. The van der Waals surface area contributed by atoms with E-state index in [1.165, 1.54) is 6.07 Å². The summed E-state index contributed by atoms with van der Waals surface area (Å²) in [5, 5.41) is 3.30. The first-order valence-electron chi connectivity index (χ1n) is 7.30. The normalized spacial score (nSPS) is 11.0. The molecule has 0 bridgehead atoms. The molecule has 0 amide bonds. The van der Waals surface area contributed by atoms with Crippen LogP contribution in [0.3, 0.4) is 0 Å². The maximum Gasteiger partial charge on any atom is 0.128 e. The van der Waals surface area contributed by atoms with Crippen molar-refractivity contribution < 1.29 is 13.5 Å². The summed E-state index contributed by atoms with van der Waals surface area (Å²) < 4.78 is 24.7. The second-order valence-corrected chi connectivity index (χ2v) is 5.06. The van der Waals surface area contributed by atoms with Crippen LogP contribution in [-0.4, -0.2) is 6.54 Å². The molecule has 0 radical (unpaired) electrons. The summed E-state index contributed by atoms with van der Waals surface area (Å²) in [5.41, 5.74) is 1.59. The van der Waals surface area contributed by atoms with Crippen LogP contribution in [0.25, 0.3) is 0 Å². The topological polar surface area (TPSA) is 34.4 Å². The van der Waals surface area contributed by atoms with Gasteiger partial charge in [0.05, 0.1) is 19.8 Å². The van der Waals surface area contributed by atoms with Gasteiger partial charge in [-0.15, -0.1) is 0 Å². The van der Waals surface area contributed by atoms with E-state index in [4.69, 9.17) is 9.15 Å². The average molecular weight is 291 g/mol. The number of hydrogen-bond donors (Lipinski definition) is 1. The van der Waals surface area contributed by atoms with Gasteiger partial charge in [0.25, 0.3) is 0 Å². The fourth-order valence-corrected chi connectivity index (χ4v) is 2.09. The lowest BCUT2D eigenvalue weighted by Gasteiger charge is -2.04. The van der Waals surface area contributed by atoms with E-state index in [-0.39, 0.29) is 12.4 Å². The highest BCUT2D eigenvalue weighted by atomic mass is 19.1. The molecule has 1 N–H and O–H groups in total. The number of benzene rings is 1. The predicted octanol–water partition coefficient (Wildman–Crippen LogP) is 3.94. The highest BCUT2D eigenvalue weighted by Crippen LogP contribution is 2.17. The zero-order valence-electron chi connectivity index (χ0n) is 12.6. The Morgan fingerprint density at radius 3 is 2.71 bits per heavy atom. The Balaban J connectivity index is 1.84. The fraction of sp³-hybridized carbons (Fsp3) is 0.412. The molecule has 0 saturated heterocycles. The molecule has 21 heavy (non-hydrogen) atoms. The zero-order valence-corrected chi connectivity index (χ0v) is 12.6. The molecule has 2 aromatic rings. The van der Waals surface area contributed by atoms with E-state index in [2.05, 4.69) is 12.2 Å². The van der Waals surface area contributed by atoms with Crippen LogP contribution in [0.5, 0.6) is 0 Å². The third kappa shape index (κ3) is 4.69. The van der Waals surface area contributed by atoms with Gasteiger partial charge >= 0.3 is 0 Å². The van der Waals surface area contributed by atoms with Gasteiger partial charge in [0.2, 0.25) is 0 Å². The quantitative estimate of drug-likeness (QED) is 0.748. The second-order valence-electron chi connectivity index (χ2n) is 5.06. The molecule has 0 saturated carbocycles. The van der Waals surface area contributed by atoms with E-state index in [9.17, 15) is 4.39 Å². The van der Waals surface area contributed by atoms with Crippen molar-refractivity contribution in [2.75, 3.05) is 6.54 Å². The summed E-state index contributed by atoms with van der Waals surface area (Å²) in [6, 6.07) is 8.66. The van der Waals surface area contributed by atoms with Crippen molar-refractivity contribution in [1.82, 2.24) is 5.32 Å². The van der Waals surface area contributed by atoms with Gasteiger partial charge < -0.3 is 14.5 Å². The molecule has 0 aliphatic heterocycles. The van der Waals surface area contributed by atoms with Gasteiger partial charge in [-0.25, -0.2) is 4.39 Å². The molecule has 0 atom stereocenters. The molecule has 4 heteroatoms. The largest absolute Gasteiger partial charge is 0.465 e. The van der Waals surface area contributed by atoms with Crippen molar-refractivity contribution in [1.29, 1.82) is 0 Å². The van der Waals surface area contributed by atoms with E-state index in [0.717, 1.165) is 36.6 Å². The number of hydrogen-bond acceptors (Lipinski definition) is 3. The van der Waals surface area contributed by atoms with Crippen LogP contribution in [0.2, 0.25) is 0 Å². The van der Waals surface area contributed by atoms with Crippen molar-refractivity contribution in [2.24, 2.45) is 0 Å². The SMILES string of the molecule is CCCNCc1cc(COCc2ccccc2F)c(C)o1. The molecule has 1 heterocycles. The lowest BCUT2D eigenvalue weighted by atomic mass is 10.2. The molecule has 114 valence electrons. The first-order chi connectivity index (χ1) is 10.2. The van der Waals surface area contributed by atoms with E-state index >= 15 is 0 Å². The summed E-state index contributed by atoms with van der Waals surface area (Å²) in [4.78, 5) is 0. The molecule has 0 aliphatic rings. The van der Waals surface area contributed by atoms with Crippen LogP contribution in [0, 0.1) is 12.7 Å². The summed E-state index contributed by atoms with van der Waals surface area (Å²) >= 11 is 0. The van der Waals surface area contributed by atoms with Gasteiger partial charge in [0.15, 0.2) is 0 Å². The summed E-state index contributed by atoms with van der Waals surface area (Å²) in [6.45, 7) is 6.44. The molecule has 2 rings (SSSR count). The maximum absolute atomic E-state index is 13.5. The van der Waals surface area contributed by atoms with Gasteiger partial charge in [0.1, 0.15) is 17.3 Å². The average Bonchev–Trinajstić information content (AvgIpc) is 2.82. The Kier molecular flexibility index (Phi) is 5.96. The molecular weight excluding hydrogens is 269 g/mol. The van der Waals surface area contributed by atoms with Crippen LogP contribution in [0.4, 0.5) is 4.39 Å². The molecule has 1 aromatic heterocycles. The first-order valence-corrected chi connectivity index (χ1v) is 7.30. The lowest BCUT2D eigenvalue weighted by Crippen LogP contribution is -2.13. The maximum atomic E-state index is 13.5. The van der Waals surface area contributed by atoms with Gasteiger partial charge in [-0.1, -0.05) is 25.1 Å². The van der Waals surface area contributed by atoms with Crippen LogP contribution in [0.1, 0.15) is 36.0 Å². The van der Waals surface area contributed by atoms with Crippen LogP contribution < -0.4 is 5.32 Å². The van der Waals surface area contributed by atoms with Crippen LogP contribution in [-0.2, 0) is 24.5 Å². The molecule has 3 nitrogen and oxygen atoms in total. The number of rotatable bonds is 8. The monoisotopic (exact) mass is 291 g/mol.